The summed E-state index contributed by atoms with van der Waals surface area (Å²) in [7, 11) is 0. The number of rotatable bonds is 3. The molecule has 7 heteroatoms. The third-order valence-electron chi connectivity index (χ3n) is 4.09. The van der Waals surface area contributed by atoms with Gasteiger partial charge in [0.25, 0.3) is 5.91 Å². The van der Waals surface area contributed by atoms with E-state index in [1.807, 2.05) is 35.7 Å². The number of carbonyl (C=O) groups excluding carboxylic acids is 1. The van der Waals surface area contributed by atoms with Gasteiger partial charge in [-0.25, -0.2) is 4.98 Å². The number of hydrogen-bond acceptors (Lipinski definition) is 6. The molecule has 0 bridgehead atoms. The van der Waals surface area contributed by atoms with Crippen LogP contribution in [-0.2, 0) is 0 Å². The molecule has 1 fully saturated rings. The first-order valence-electron chi connectivity index (χ1n) is 7.84. The number of likely N-dealkylation sites (tertiary alicyclic amines) is 1. The quantitative estimate of drug-likeness (QED) is 0.730. The Morgan fingerprint density at radius 1 is 1.29 bits per heavy atom. The molecule has 122 valence electrons. The maximum atomic E-state index is 12.9. The standard InChI is InChI=1S/C17H16N4O2S/c1-11-18-15(23-20-11)14-8-5-9-21(14)17(22)13-10-24-16(19-13)12-6-3-2-4-7-12/h2-4,6-7,10,14H,5,8-9H2,1H3. The third-order valence-corrected chi connectivity index (χ3v) is 4.98. The number of aryl methyl sites for hydroxylation is 1. The monoisotopic (exact) mass is 340 g/mol. The van der Waals surface area contributed by atoms with E-state index in [4.69, 9.17) is 4.52 Å². The van der Waals surface area contributed by atoms with Gasteiger partial charge in [0.1, 0.15) is 16.7 Å². The van der Waals surface area contributed by atoms with Crippen molar-refractivity contribution in [2.24, 2.45) is 0 Å². The van der Waals surface area contributed by atoms with E-state index in [0.717, 1.165) is 23.4 Å². The van der Waals surface area contributed by atoms with Gasteiger partial charge in [-0.1, -0.05) is 35.5 Å². The maximum absolute atomic E-state index is 12.9. The van der Waals surface area contributed by atoms with Gasteiger partial charge >= 0.3 is 0 Å². The second kappa shape index (κ2) is 6.16. The lowest BCUT2D eigenvalue weighted by Gasteiger charge is -2.20. The van der Waals surface area contributed by atoms with Crippen LogP contribution in [0.5, 0.6) is 0 Å². The minimum Gasteiger partial charge on any atom is -0.337 e. The first-order valence-corrected chi connectivity index (χ1v) is 8.72. The summed E-state index contributed by atoms with van der Waals surface area (Å²) < 4.78 is 5.27. The highest BCUT2D eigenvalue weighted by atomic mass is 32.1. The fourth-order valence-corrected chi connectivity index (χ4v) is 3.75. The highest BCUT2D eigenvalue weighted by molar-refractivity contribution is 7.13. The summed E-state index contributed by atoms with van der Waals surface area (Å²) in [6.07, 6.45) is 1.76. The predicted octanol–water partition coefficient (Wildman–Crippen LogP) is 3.48. The Morgan fingerprint density at radius 2 is 2.12 bits per heavy atom. The molecule has 1 unspecified atom stereocenters. The van der Waals surface area contributed by atoms with Crippen LogP contribution < -0.4 is 0 Å². The summed E-state index contributed by atoms with van der Waals surface area (Å²) in [4.78, 5) is 23.5. The highest BCUT2D eigenvalue weighted by Crippen LogP contribution is 2.33. The summed E-state index contributed by atoms with van der Waals surface area (Å²) in [5.41, 5.74) is 1.49. The normalized spacial score (nSPS) is 17.4. The zero-order valence-electron chi connectivity index (χ0n) is 13.2. The smallest absolute Gasteiger partial charge is 0.274 e. The zero-order chi connectivity index (χ0) is 16.5. The van der Waals surface area contributed by atoms with Crippen LogP contribution in [-0.4, -0.2) is 32.5 Å². The van der Waals surface area contributed by atoms with Crippen LogP contribution in [0.2, 0.25) is 0 Å². The van der Waals surface area contributed by atoms with E-state index >= 15 is 0 Å². The van der Waals surface area contributed by atoms with Gasteiger partial charge in [0.2, 0.25) is 5.89 Å². The zero-order valence-corrected chi connectivity index (χ0v) is 14.0. The van der Waals surface area contributed by atoms with Crippen molar-refractivity contribution >= 4 is 17.2 Å². The Hall–Kier alpha value is -2.54. The second-order valence-corrected chi connectivity index (χ2v) is 6.60. The van der Waals surface area contributed by atoms with Gasteiger partial charge < -0.3 is 9.42 Å². The van der Waals surface area contributed by atoms with Gasteiger partial charge in [-0.15, -0.1) is 11.3 Å². The van der Waals surface area contributed by atoms with Gasteiger partial charge in [-0.3, -0.25) is 4.79 Å². The topological polar surface area (TPSA) is 72.1 Å². The summed E-state index contributed by atoms with van der Waals surface area (Å²) in [5, 5.41) is 6.50. The first kappa shape index (κ1) is 15.0. The van der Waals surface area contributed by atoms with Crippen LogP contribution in [0.3, 0.4) is 0 Å². The third kappa shape index (κ3) is 2.71. The number of amides is 1. The SMILES string of the molecule is Cc1noc(C2CCCN2C(=O)c2csc(-c3ccccc3)n2)n1. The van der Waals surface area contributed by atoms with Gasteiger partial charge in [-0.2, -0.15) is 4.98 Å². The fraction of sp³-hybridized carbons (Fsp3) is 0.294. The molecule has 0 radical (unpaired) electrons. The summed E-state index contributed by atoms with van der Waals surface area (Å²) in [5.74, 6) is 1.02. The Kier molecular flexibility index (Phi) is 3.86. The molecular formula is C17H16N4O2S. The van der Waals surface area contributed by atoms with E-state index in [-0.39, 0.29) is 11.9 Å². The molecule has 0 aliphatic carbocycles. The van der Waals surface area contributed by atoms with E-state index in [1.54, 1.807) is 11.8 Å². The molecule has 1 atom stereocenters. The van der Waals surface area contributed by atoms with Gasteiger partial charge in [-0.05, 0) is 19.8 Å². The lowest BCUT2D eigenvalue weighted by atomic mass is 10.2. The molecule has 3 aromatic rings. The molecule has 1 aliphatic heterocycles. The number of thiazole rings is 1. The van der Waals surface area contributed by atoms with Crippen molar-refractivity contribution in [3.63, 3.8) is 0 Å². The lowest BCUT2D eigenvalue weighted by Crippen LogP contribution is -2.31. The molecule has 1 aliphatic rings. The Morgan fingerprint density at radius 3 is 2.88 bits per heavy atom. The van der Waals surface area contributed by atoms with Crippen LogP contribution in [0.4, 0.5) is 0 Å². The van der Waals surface area contributed by atoms with Crippen molar-refractivity contribution in [2.45, 2.75) is 25.8 Å². The molecule has 24 heavy (non-hydrogen) atoms. The summed E-state index contributed by atoms with van der Waals surface area (Å²) in [6.45, 7) is 2.46. The summed E-state index contributed by atoms with van der Waals surface area (Å²) >= 11 is 1.48. The van der Waals surface area contributed by atoms with Gasteiger partial charge in [0, 0.05) is 17.5 Å². The minimum atomic E-state index is -0.152. The molecule has 1 saturated heterocycles. The van der Waals surface area contributed by atoms with Crippen LogP contribution in [0.1, 0.15) is 41.1 Å². The lowest BCUT2D eigenvalue weighted by molar-refractivity contribution is 0.0705. The Balaban J connectivity index is 1.58. The molecule has 0 N–H and O–H groups in total. The molecule has 4 rings (SSSR count). The average Bonchev–Trinajstić information content (AvgIpc) is 3.35. The van der Waals surface area contributed by atoms with Crippen molar-refractivity contribution in [3.8, 4) is 10.6 Å². The highest BCUT2D eigenvalue weighted by Gasteiger charge is 2.35. The average molecular weight is 340 g/mol. The van der Waals surface area contributed by atoms with Crippen LogP contribution in [0.25, 0.3) is 10.6 Å². The minimum absolute atomic E-state index is 0.0771. The molecular weight excluding hydrogens is 324 g/mol. The van der Waals surface area contributed by atoms with E-state index < -0.39 is 0 Å². The molecule has 3 heterocycles. The number of benzene rings is 1. The van der Waals surface area contributed by atoms with Crippen molar-refractivity contribution in [3.05, 3.63) is 53.1 Å². The largest absolute Gasteiger partial charge is 0.337 e. The summed E-state index contributed by atoms with van der Waals surface area (Å²) in [6, 6.07) is 9.73. The van der Waals surface area contributed by atoms with Crippen molar-refractivity contribution in [1.29, 1.82) is 0 Å². The molecule has 2 aromatic heterocycles. The Labute approximate surface area is 143 Å². The molecule has 1 aromatic carbocycles. The van der Waals surface area contributed by atoms with Gasteiger partial charge in [0.15, 0.2) is 5.82 Å². The Bertz CT molecular complexity index is 858. The van der Waals surface area contributed by atoms with E-state index in [1.165, 1.54) is 11.3 Å². The van der Waals surface area contributed by atoms with Crippen LogP contribution in [0, 0.1) is 6.92 Å². The van der Waals surface area contributed by atoms with Crippen molar-refractivity contribution < 1.29 is 9.32 Å². The number of carbonyl (C=O) groups is 1. The maximum Gasteiger partial charge on any atom is 0.274 e. The van der Waals surface area contributed by atoms with Crippen molar-refractivity contribution in [1.82, 2.24) is 20.0 Å². The molecule has 0 spiro atoms. The molecule has 1 amide bonds. The van der Waals surface area contributed by atoms with E-state index in [9.17, 15) is 4.79 Å². The fourth-order valence-electron chi connectivity index (χ4n) is 2.95. The number of nitrogens with zero attached hydrogens (tertiary/aromatic N) is 4. The number of aromatic nitrogens is 3. The first-order chi connectivity index (χ1) is 11.7. The van der Waals surface area contributed by atoms with Crippen LogP contribution in [0.15, 0.2) is 40.2 Å². The van der Waals surface area contributed by atoms with E-state index in [0.29, 0.717) is 24.0 Å². The predicted molar refractivity (Wildman–Crippen MR) is 89.6 cm³/mol. The van der Waals surface area contributed by atoms with Gasteiger partial charge in [0.05, 0.1) is 0 Å². The van der Waals surface area contributed by atoms with E-state index in [2.05, 4.69) is 15.1 Å². The molecule has 0 saturated carbocycles. The molecule has 6 nitrogen and oxygen atoms in total. The van der Waals surface area contributed by atoms with Crippen LogP contribution >= 0.6 is 11.3 Å². The number of hydrogen-bond donors (Lipinski definition) is 0. The van der Waals surface area contributed by atoms with Crippen molar-refractivity contribution in [2.75, 3.05) is 6.54 Å². The second-order valence-electron chi connectivity index (χ2n) is 5.74.